The Morgan fingerprint density at radius 3 is 2.14 bits per heavy atom. The van der Waals surface area contributed by atoms with Crippen LogP contribution in [0.3, 0.4) is 0 Å². The number of carbonyl (C=O) groups is 3. The number of nitrogens with one attached hydrogen (secondary N) is 3. The second kappa shape index (κ2) is 10.2. The van der Waals surface area contributed by atoms with E-state index in [0.717, 1.165) is 5.56 Å². The maximum atomic E-state index is 12.4. The van der Waals surface area contributed by atoms with Crippen LogP contribution in [0.5, 0.6) is 0 Å². The van der Waals surface area contributed by atoms with Crippen molar-refractivity contribution in [1.82, 2.24) is 15.5 Å². The van der Waals surface area contributed by atoms with Crippen molar-refractivity contribution in [3.8, 4) is 0 Å². The molecule has 1 unspecified atom stereocenters. The van der Waals surface area contributed by atoms with E-state index < -0.39 is 6.04 Å². The summed E-state index contributed by atoms with van der Waals surface area (Å²) in [6.07, 6.45) is 0. The van der Waals surface area contributed by atoms with E-state index in [4.69, 9.17) is 0 Å². The fourth-order valence-electron chi connectivity index (χ4n) is 2.68. The summed E-state index contributed by atoms with van der Waals surface area (Å²) in [5.74, 6) is -0.868. The van der Waals surface area contributed by atoms with Crippen molar-refractivity contribution in [3.05, 3.63) is 65.7 Å². The van der Waals surface area contributed by atoms with E-state index in [9.17, 15) is 14.4 Å². The predicted molar refractivity (Wildman–Crippen MR) is 109 cm³/mol. The van der Waals surface area contributed by atoms with Crippen LogP contribution < -0.4 is 16.0 Å². The highest BCUT2D eigenvalue weighted by molar-refractivity contribution is 5.93. The van der Waals surface area contributed by atoms with Crippen LogP contribution in [0.4, 0.5) is 5.69 Å². The van der Waals surface area contributed by atoms with Gasteiger partial charge in [-0.3, -0.25) is 19.3 Å². The number of likely N-dealkylation sites (N-methyl/N-ethyl adjacent to an activating group) is 2. The zero-order chi connectivity index (χ0) is 20.5. The number of hydrogen-bond donors (Lipinski definition) is 3. The van der Waals surface area contributed by atoms with Crippen molar-refractivity contribution >= 4 is 23.4 Å². The van der Waals surface area contributed by atoms with E-state index in [1.165, 1.54) is 7.05 Å². The van der Waals surface area contributed by atoms with E-state index in [0.29, 0.717) is 11.3 Å². The van der Waals surface area contributed by atoms with Crippen LogP contribution >= 0.6 is 0 Å². The fraction of sp³-hybridized carbons (Fsp3) is 0.286. The molecule has 0 radical (unpaired) electrons. The fourth-order valence-corrected chi connectivity index (χ4v) is 2.68. The minimum atomic E-state index is -0.784. The van der Waals surface area contributed by atoms with Gasteiger partial charge in [0.25, 0.3) is 0 Å². The minimum Gasteiger partial charge on any atom is -0.357 e. The van der Waals surface area contributed by atoms with E-state index in [-0.39, 0.29) is 30.8 Å². The lowest BCUT2D eigenvalue weighted by atomic mass is 10.1. The Morgan fingerprint density at radius 1 is 0.929 bits per heavy atom. The number of amides is 3. The first-order chi connectivity index (χ1) is 13.4. The average Bonchev–Trinajstić information content (AvgIpc) is 2.67. The molecule has 0 saturated heterocycles. The molecule has 3 N–H and O–H groups in total. The van der Waals surface area contributed by atoms with Gasteiger partial charge in [0.2, 0.25) is 17.7 Å². The SMILES string of the molecule is CNC(=O)C(NC(=O)CN(C)CC(=O)Nc1ccc(C)cc1)c1ccccc1. The van der Waals surface area contributed by atoms with Crippen molar-refractivity contribution in [1.29, 1.82) is 0 Å². The quantitative estimate of drug-likeness (QED) is 0.645. The summed E-state index contributed by atoms with van der Waals surface area (Å²) in [6.45, 7) is 2.01. The molecule has 7 nitrogen and oxygen atoms in total. The maximum absolute atomic E-state index is 12.4. The van der Waals surface area contributed by atoms with Gasteiger partial charge in [0, 0.05) is 12.7 Å². The van der Waals surface area contributed by atoms with E-state index in [1.807, 2.05) is 37.3 Å². The van der Waals surface area contributed by atoms with E-state index in [1.54, 1.807) is 36.2 Å². The Labute approximate surface area is 165 Å². The van der Waals surface area contributed by atoms with Gasteiger partial charge in [-0.25, -0.2) is 0 Å². The molecule has 2 aromatic rings. The molecule has 0 bridgehead atoms. The van der Waals surface area contributed by atoms with Gasteiger partial charge in [-0.1, -0.05) is 48.0 Å². The van der Waals surface area contributed by atoms with Gasteiger partial charge in [-0.05, 0) is 31.7 Å². The first kappa shape index (κ1) is 21.1. The average molecular weight is 382 g/mol. The highest BCUT2D eigenvalue weighted by Crippen LogP contribution is 2.12. The molecule has 0 aliphatic heterocycles. The molecule has 2 aromatic carbocycles. The Kier molecular flexibility index (Phi) is 7.71. The predicted octanol–water partition coefficient (Wildman–Crippen LogP) is 1.47. The monoisotopic (exact) mass is 382 g/mol. The van der Waals surface area contributed by atoms with Crippen LogP contribution in [0.1, 0.15) is 17.2 Å². The molecule has 0 fully saturated rings. The number of anilines is 1. The third kappa shape index (κ3) is 6.51. The van der Waals surface area contributed by atoms with Crippen LogP contribution in [-0.2, 0) is 14.4 Å². The summed E-state index contributed by atoms with van der Waals surface area (Å²) in [5.41, 5.74) is 2.50. The molecule has 0 spiro atoms. The molecular formula is C21H26N4O3. The van der Waals surface area contributed by atoms with Gasteiger partial charge in [-0.2, -0.15) is 0 Å². The number of aryl methyl sites for hydroxylation is 1. The third-order valence-corrected chi connectivity index (χ3v) is 4.11. The molecular weight excluding hydrogens is 356 g/mol. The summed E-state index contributed by atoms with van der Waals surface area (Å²) >= 11 is 0. The van der Waals surface area contributed by atoms with Gasteiger partial charge in [0.1, 0.15) is 6.04 Å². The first-order valence-corrected chi connectivity index (χ1v) is 9.00. The molecule has 0 saturated carbocycles. The van der Waals surface area contributed by atoms with Gasteiger partial charge < -0.3 is 16.0 Å². The third-order valence-electron chi connectivity index (χ3n) is 4.11. The van der Waals surface area contributed by atoms with Crippen LogP contribution in [0, 0.1) is 6.92 Å². The topological polar surface area (TPSA) is 90.5 Å². The van der Waals surface area contributed by atoms with Crippen LogP contribution in [0.15, 0.2) is 54.6 Å². The molecule has 0 aromatic heterocycles. The van der Waals surface area contributed by atoms with Crippen LogP contribution in [-0.4, -0.2) is 49.8 Å². The lowest BCUT2D eigenvalue weighted by Crippen LogP contribution is -2.44. The van der Waals surface area contributed by atoms with Crippen molar-refractivity contribution in [3.63, 3.8) is 0 Å². The summed E-state index contributed by atoms with van der Waals surface area (Å²) in [5, 5.41) is 8.06. The van der Waals surface area contributed by atoms with Gasteiger partial charge in [0.05, 0.1) is 13.1 Å². The number of carbonyl (C=O) groups excluding carboxylic acids is 3. The Hall–Kier alpha value is -3.19. The van der Waals surface area contributed by atoms with Crippen LogP contribution in [0.25, 0.3) is 0 Å². The summed E-state index contributed by atoms with van der Waals surface area (Å²) in [4.78, 5) is 38.2. The lowest BCUT2D eigenvalue weighted by molar-refractivity contribution is -0.129. The minimum absolute atomic E-state index is 0.0123. The van der Waals surface area contributed by atoms with E-state index >= 15 is 0 Å². The maximum Gasteiger partial charge on any atom is 0.246 e. The lowest BCUT2D eigenvalue weighted by Gasteiger charge is -2.20. The Morgan fingerprint density at radius 2 is 1.54 bits per heavy atom. The highest BCUT2D eigenvalue weighted by atomic mass is 16.2. The first-order valence-electron chi connectivity index (χ1n) is 9.00. The number of benzene rings is 2. The molecule has 0 heterocycles. The Balaban J connectivity index is 1.88. The van der Waals surface area contributed by atoms with Crippen molar-refractivity contribution < 1.29 is 14.4 Å². The van der Waals surface area contributed by atoms with E-state index in [2.05, 4.69) is 16.0 Å². The number of rotatable bonds is 8. The second-order valence-corrected chi connectivity index (χ2v) is 6.61. The number of hydrogen-bond acceptors (Lipinski definition) is 4. The molecule has 2 rings (SSSR count). The zero-order valence-electron chi connectivity index (χ0n) is 16.4. The molecule has 3 amide bonds. The summed E-state index contributed by atoms with van der Waals surface area (Å²) in [6, 6.07) is 15.7. The molecule has 0 aliphatic carbocycles. The zero-order valence-corrected chi connectivity index (χ0v) is 16.4. The summed E-state index contributed by atoms with van der Waals surface area (Å²) < 4.78 is 0. The molecule has 148 valence electrons. The highest BCUT2D eigenvalue weighted by Gasteiger charge is 2.22. The smallest absolute Gasteiger partial charge is 0.246 e. The largest absolute Gasteiger partial charge is 0.357 e. The van der Waals surface area contributed by atoms with Crippen molar-refractivity contribution in [2.24, 2.45) is 0 Å². The molecule has 1 atom stereocenters. The summed E-state index contributed by atoms with van der Waals surface area (Å²) in [7, 11) is 3.19. The Bertz CT molecular complexity index is 806. The van der Waals surface area contributed by atoms with Gasteiger partial charge in [0.15, 0.2) is 0 Å². The van der Waals surface area contributed by atoms with Gasteiger partial charge >= 0.3 is 0 Å². The molecule has 28 heavy (non-hydrogen) atoms. The molecule has 7 heteroatoms. The normalized spacial score (nSPS) is 11.6. The van der Waals surface area contributed by atoms with Crippen molar-refractivity contribution in [2.75, 3.05) is 32.5 Å². The molecule has 0 aliphatic rings. The van der Waals surface area contributed by atoms with Gasteiger partial charge in [-0.15, -0.1) is 0 Å². The standard InChI is InChI=1S/C21H26N4O3/c1-15-9-11-17(12-10-15)23-18(26)13-25(3)14-19(27)24-20(21(28)22-2)16-7-5-4-6-8-16/h4-12,20H,13-14H2,1-3H3,(H,22,28)(H,23,26)(H,24,27). The number of nitrogens with zero attached hydrogens (tertiary/aromatic N) is 1. The van der Waals surface area contributed by atoms with Crippen LogP contribution in [0.2, 0.25) is 0 Å². The second-order valence-electron chi connectivity index (χ2n) is 6.61. The van der Waals surface area contributed by atoms with Crippen molar-refractivity contribution in [2.45, 2.75) is 13.0 Å².